The van der Waals surface area contributed by atoms with Crippen LogP contribution < -0.4 is 14.8 Å². The van der Waals surface area contributed by atoms with E-state index in [9.17, 15) is 0 Å². The van der Waals surface area contributed by atoms with Crippen LogP contribution in [-0.4, -0.2) is 57.6 Å². The Kier molecular flexibility index (Phi) is 5.41. The van der Waals surface area contributed by atoms with Gasteiger partial charge in [-0.25, -0.2) is 4.58 Å². The molecule has 2 saturated heterocycles. The lowest BCUT2D eigenvalue weighted by molar-refractivity contribution is 0.0965. The molecule has 0 bridgehead atoms. The summed E-state index contributed by atoms with van der Waals surface area (Å²) in [5.74, 6) is 0.890. The monoisotopic (exact) mass is 478 g/mol. The van der Waals surface area contributed by atoms with Crippen LogP contribution in [0.15, 0.2) is 77.3 Å². The second-order valence-corrected chi connectivity index (χ2v) is 9.41. The van der Waals surface area contributed by atoms with Crippen molar-refractivity contribution in [2.75, 3.05) is 57.5 Å². The molecular formula is C30H28N3O3+. The van der Waals surface area contributed by atoms with Crippen molar-refractivity contribution in [2.45, 2.75) is 0 Å². The summed E-state index contributed by atoms with van der Waals surface area (Å²) in [7, 11) is 0. The lowest BCUT2D eigenvalue weighted by Crippen LogP contribution is -2.39. The van der Waals surface area contributed by atoms with Crippen molar-refractivity contribution in [3.8, 4) is 22.5 Å². The Bertz CT molecular complexity index is 1600. The number of hydrogen-bond donors (Lipinski definition) is 0. The predicted octanol–water partition coefficient (Wildman–Crippen LogP) is 4.39. The SMILES string of the molecule is c1ccc2c(-c3c4ccc(=[N+]5CCOCC5)cc-4oc4cc(N5CCOCC5)ccc34)ccnc2c1. The van der Waals surface area contributed by atoms with Crippen LogP contribution in [0.4, 0.5) is 5.69 Å². The van der Waals surface area contributed by atoms with Gasteiger partial charge < -0.3 is 18.8 Å². The highest BCUT2D eigenvalue weighted by Crippen LogP contribution is 2.42. The number of benzene rings is 3. The van der Waals surface area contributed by atoms with Crippen LogP contribution in [0, 0.1) is 0 Å². The van der Waals surface area contributed by atoms with Crippen LogP contribution in [0.25, 0.3) is 44.3 Å². The highest BCUT2D eigenvalue weighted by molar-refractivity contribution is 6.08. The zero-order valence-electron chi connectivity index (χ0n) is 20.2. The number of para-hydroxylation sites is 1. The van der Waals surface area contributed by atoms with Crippen molar-refractivity contribution in [3.05, 3.63) is 78.3 Å². The summed E-state index contributed by atoms with van der Waals surface area (Å²) < 4.78 is 20.2. The smallest absolute Gasteiger partial charge is 0.203 e. The number of nitrogens with zero attached hydrogens (tertiary/aromatic N) is 3. The first-order valence-corrected chi connectivity index (χ1v) is 12.7. The molecule has 4 aliphatic rings. The normalized spacial score (nSPS) is 16.8. The van der Waals surface area contributed by atoms with E-state index in [-0.39, 0.29) is 0 Å². The molecule has 0 saturated carbocycles. The van der Waals surface area contributed by atoms with Crippen LogP contribution in [0.1, 0.15) is 0 Å². The topological polar surface area (TPSA) is 50.7 Å². The molecular weight excluding hydrogens is 450 g/mol. The molecule has 3 aliphatic heterocycles. The minimum atomic E-state index is 0.754. The summed E-state index contributed by atoms with van der Waals surface area (Å²) in [5.41, 5.74) is 6.52. The molecule has 6 nitrogen and oxygen atoms in total. The van der Waals surface area contributed by atoms with Gasteiger partial charge in [0.25, 0.3) is 0 Å². The molecule has 180 valence electrons. The van der Waals surface area contributed by atoms with Gasteiger partial charge in [0.2, 0.25) is 5.36 Å². The fourth-order valence-electron chi connectivity index (χ4n) is 5.51. The van der Waals surface area contributed by atoms with Crippen LogP contribution in [0.5, 0.6) is 0 Å². The number of fused-ring (bicyclic) bond motifs is 3. The van der Waals surface area contributed by atoms with Gasteiger partial charge in [-0.15, -0.1) is 0 Å². The number of ether oxygens (including phenoxy) is 2. The molecule has 0 N–H and O–H groups in total. The molecule has 2 aromatic carbocycles. The van der Waals surface area contributed by atoms with E-state index in [1.165, 1.54) is 22.2 Å². The first-order chi connectivity index (χ1) is 17.8. The summed E-state index contributed by atoms with van der Waals surface area (Å²) in [4.78, 5) is 6.99. The minimum absolute atomic E-state index is 0.754. The summed E-state index contributed by atoms with van der Waals surface area (Å²) in [6.45, 7) is 6.58. The van der Waals surface area contributed by atoms with Gasteiger partial charge in [-0.05, 0) is 35.9 Å². The van der Waals surface area contributed by atoms with Crippen LogP contribution in [0.2, 0.25) is 0 Å². The number of morpholine rings is 2. The Labute approximate surface area is 209 Å². The Morgan fingerprint density at radius 2 is 1.58 bits per heavy atom. The first-order valence-electron chi connectivity index (χ1n) is 12.7. The second kappa shape index (κ2) is 9.04. The van der Waals surface area contributed by atoms with Gasteiger partial charge in [0.15, 0.2) is 13.1 Å². The van der Waals surface area contributed by atoms with E-state index in [2.05, 4.69) is 75.1 Å². The van der Waals surface area contributed by atoms with Gasteiger partial charge in [-0.3, -0.25) is 4.98 Å². The highest BCUT2D eigenvalue weighted by atomic mass is 16.5. The maximum atomic E-state index is 6.65. The van der Waals surface area contributed by atoms with Crippen molar-refractivity contribution in [1.29, 1.82) is 0 Å². The molecule has 36 heavy (non-hydrogen) atoms. The summed E-state index contributed by atoms with van der Waals surface area (Å²) in [6, 6.07) is 23.7. The molecule has 0 atom stereocenters. The Balaban J connectivity index is 1.52. The van der Waals surface area contributed by atoms with E-state index in [0.29, 0.717) is 0 Å². The van der Waals surface area contributed by atoms with Crippen LogP contribution in [0.3, 0.4) is 0 Å². The number of aromatic nitrogens is 1. The van der Waals surface area contributed by atoms with Gasteiger partial charge in [0.05, 0.1) is 24.8 Å². The minimum Gasteiger partial charge on any atom is -0.456 e. The molecule has 6 heteroatoms. The number of hydrogen-bond acceptors (Lipinski definition) is 5. The Morgan fingerprint density at radius 1 is 0.750 bits per heavy atom. The molecule has 0 amide bonds. The van der Waals surface area contributed by atoms with Crippen molar-refractivity contribution >= 4 is 27.6 Å². The Morgan fingerprint density at radius 3 is 2.47 bits per heavy atom. The van der Waals surface area contributed by atoms with Crippen molar-refractivity contribution in [2.24, 2.45) is 0 Å². The first kappa shape index (κ1) is 21.5. The van der Waals surface area contributed by atoms with E-state index < -0.39 is 0 Å². The molecule has 0 spiro atoms. The van der Waals surface area contributed by atoms with Gasteiger partial charge in [0.1, 0.15) is 24.6 Å². The van der Waals surface area contributed by atoms with Crippen molar-refractivity contribution in [3.63, 3.8) is 0 Å². The Hall–Kier alpha value is -3.74. The average Bonchev–Trinajstić information content (AvgIpc) is 2.96. The third kappa shape index (κ3) is 3.74. The van der Waals surface area contributed by atoms with E-state index in [4.69, 9.17) is 13.9 Å². The molecule has 3 aromatic rings. The predicted molar refractivity (Wildman–Crippen MR) is 142 cm³/mol. The summed E-state index contributed by atoms with van der Waals surface area (Å²) >= 11 is 0. The summed E-state index contributed by atoms with van der Waals surface area (Å²) in [5, 5.41) is 3.42. The largest absolute Gasteiger partial charge is 0.456 e. The lowest BCUT2D eigenvalue weighted by atomic mass is 9.91. The molecule has 4 heterocycles. The average molecular weight is 479 g/mol. The molecule has 2 fully saturated rings. The zero-order chi connectivity index (χ0) is 23.9. The maximum absolute atomic E-state index is 6.65. The zero-order valence-corrected chi connectivity index (χ0v) is 20.2. The van der Waals surface area contributed by atoms with Gasteiger partial charge in [-0.2, -0.15) is 0 Å². The van der Waals surface area contributed by atoms with Crippen molar-refractivity contribution < 1.29 is 13.9 Å². The standard InChI is InChI=1S/C30H28N3O3/c1-2-4-27-23(3-1)24(9-10-31-27)30-25-7-5-21(32-11-15-34-16-12-32)19-28(25)36-29-20-22(6-8-26(29)30)33-13-17-35-18-14-33/h1-10,19-20H,11-18H2/q+1. The third-order valence-electron chi connectivity index (χ3n) is 7.36. The fourth-order valence-corrected chi connectivity index (χ4v) is 5.51. The molecule has 0 unspecified atom stereocenters. The molecule has 1 aliphatic carbocycles. The third-order valence-corrected chi connectivity index (χ3v) is 7.36. The quantitative estimate of drug-likeness (QED) is 0.278. The molecule has 0 radical (unpaired) electrons. The van der Waals surface area contributed by atoms with E-state index in [1.807, 2.05) is 12.3 Å². The lowest BCUT2D eigenvalue weighted by Gasteiger charge is -2.29. The van der Waals surface area contributed by atoms with E-state index >= 15 is 0 Å². The molecule has 7 rings (SSSR count). The number of pyridine rings is 1. The number of rotatable bonds is 2. The van der Waals surface area contributed by atoms with Gasteiger partial charge in [-0.1, -0.05) is 18.2 Å². The fraction of sp³-hybridized carbons (Fsp3) is 0.267. The highest BCUT2D eigenvalue weighted by Gasteiger charge is 2.22. The second-order valence-electron chi connectivity index (χ2n) is 9.41. The van der Waals surface area contributed by atoms with Crippen molar-refractivity contribution in [1.82, 2.24) is 9.56 Å². The van der Waals surface area contributed by atoms with E-state index in [1.54, 1.807) is 0 Å². The maximum Gasteiger partial charge on any atom is 0.203 e. The van der Waals surface area contributed by atoms with Crippen LogP contribution in [-0.2, 0) is 9.47 Å². The molecule has 1 aromatic heterocycles. The summed E-state index contributed by atoms with van der Waals surface area (Å²) in [6.07, 6.45) is 1.91. The van der Waals surface area contributed by atoms with E-state index in [0.717, 1.165) is 85.8 Å². The number of anilines is 1. The van der Waals surface area contributed by atoms with Crippen LogP contribution >= 0.6 is 0 Å². The van der Waals surface area contributed by atoms with Gasteiger partial charge in [0, 0.05) is 59.0 Å². The van der Waals surface area contributed by atoms with Gasteiger partial charge >= 0.3 is 0 Å².